The van der Waals surface area contributed by atoms with Crippen molar-refractivity contribution in [3.05, 3.63) is 70.7 Å². The van der Waals surface area contributed by atoms with Crippen molar-refractivity contribution in [1.29, 1.82) is 5.26 Å². The first-order valence-electron chi connectivity index (χ1n) is 17.4. The molecule has 0 spiro atoms. The van der Waals surface area contributed by atoms with Crippen LogP contribution in [0.25, 0.3) is 11.3 Å². The molecule has 0 bridgehead atoms. The third kappa shape index (κ3) is 10.8. The van der Waals surface area contributed by atoms with Gasteiger partial charge in [0.05, 0.1) is 11.3 Å². The van der Waals surface area contributed by atoms with E-state index in [1.165, 1.54) is 0 Å². The molecule has 2 aromatic heterocycles. The van der Waals surface area contributed by atoms with Crippen LogP contribution in [0.5, 0.6) is 0 Å². The fourth-order valence-corrected chi connectivity index (χ4v) is 5.63. The zero-order chi connectivity index (χ0) is 36.1. The van der Waals surface area contributed by atoms with E-state index in [-0.39, 0.29) is 29.2 Å². The molecule has 0 saturated carbocycles. The van der Waals surface area contributed by atoms with Gasteiger partial charge < -0.3 is 10.6 Å². The maximum absolute atomic E-state index is 15.5. The minimum atomic E-state index is -0.399. The molecule has 1 fully saturated rings. The van der Waals surface area contributed by atoms with Crippen molar-refractivity contribution in [2.24, 2.45) is 11.8 Å². The Bertz CT molecular complexity index is 1630. The van der Waals surface area contributed by atoms with Gasteiger partial charge in [-0.1, -0.05) is 46.8 Å². The van der Waals surface area contributed by atoms with E-state index in [4.69, 9.17) is 11.0 Å². The van der Waals surface area contributed by atoms with Gasteiger partial charge in [0, 0.05) is 80.3 Å². The first kappa shape index (κ1) is 39.0. The third-order valence-electron chi connectivity index (χ3n) is 9.26. The molecule has 1 aliphatic rings. The number of Topliss-reactive ketones (excluding diaryl/α,β-unsaturated/α-hetero) is 3. The van der Waals surface area contributed by atoms with Crippen molar-refractivity contribution < 1.29 is 18.8 Å². The van der Waals surface area contributed by atoms with Crippen molar-refractivity contribution in [2.75, 3.05) is 36.8 Å². The van der Waals surface area contributed by atoms with Gasteiger partial charge in [-0.3, -0.25) is 19.3 Å². The molecule has 0 radical (unpaired) electrons. The maximum Gasteiger partial charge on any atom is 0.166 e. The molecule has 2 atom stereocenters. The molecule has 2 N–H and O–H groups in total. The van der Waals surface area contributed by atoms with Gasteiger partial charge >= 0.3 is 0 Å². The molecule has 2 unspecified atom stereocenters. The first-order valence-corrected chi connectivity index (χ1v) is 17.4. The highest BCUT2D eigenvalue weighted by molar-refractivity contribution is 5.99. The van der Waals surface area contributed by atoms with Gasteiger partial charge in [-0.05, 0) is 62.4 Å². The number of rotatable bonds is 14. The van der Waals surface area contributed by atoms with E-state index in [0.717, 1.165) is 44.0 Å². The van der Waals surface area contributed by atoms with Gasteiger partial charge in [-0.25, -0.2) is 14.4 Å². The van der Waals surface area contributed by atoms with Crippen molar-refractivity contribution in [3.8, 4) is 17.3 Å². The monoisotopic (exact) mass is 670 g/mol. The Labute approximate surface area is 290 Å². The normalized spacial score (nSPS) is 14.3. The summed E-state index contributed by atoms with van der Waals surface area (Å²) in [4.78, 5) is 48.0. The van der Waals surface area contributed by atoms with Crippen LogP contribution in [0.2, 0.25) is 0 Å². The number of pyridine rings is 2. The average Bonchev–Trinajstić information content (AvgIpc) is 3.11. The lowest BCUT2D eigenvalue weighted by Gasteiger charge is -2.35. The highest BCUT2D eigenvalue weighted by Crippen LogP contribution is 2.30. The number of halogens is 1. The summed E-state index contributed by atoms with van der Waals surface area (Å²) in [5.41, 5.74) is 9.48. The smallest absolute Gasteiger partial charge is 0.166 e. The van der Waals surface area contributed by atoms with E-state index < -0.39 is 5.82 Å². The second kappa shape index (κ2) is 18.9. The van der Waals surface area contributed by atoms with Gasteiger partial charge in [-0.2, -0.15) is 5.26 Å². The van der Waals surface area contributed by atoms with Crippen molar-refractivity contribution in [1.82, 2.24) is 14.9 Å². The summed E-state index contributed by atoms with van der Waals surface area (Å²) in [5, 5.41) is 8.96. The van der Waals surface area contributed by atoms with Crippen LogP contribution in [0, 0.1) is 29.0 Å². The van der Waals surface area contributed by atoms with E-state index in [1.54, 1.807) is 37.4 Å². The zero-order valence-corrected chi connectivity index (χ0v) is 29.9. The van der Waals surface area contributed by atoms with Crippen LogP contribution in [-0.2, 0) is 22.6 Å². The molecule has 4 rings (SSSR count). The number of nitrogen functional groups attached to an aromatic ring is 1. The van der Waals surface area contributed by atoms with Crippen LogP contribution in [0.4, 0.5) is 16.0 Å². The van der Waals surface area contributed by atoms with Crippen molar-refractivity contribution >= 4 is 29.0 Å². The second-order valence-electron chi connectivity index (χ2n) is 12.8. The molecule has 10 heteroatoms. The highest BCUT2D eigenvalue weighted by atomic mass is 19.1. The van der Waals surface area contributed by atoms with Gasteiger partial charge in [-0.15, -0.1) is 0 Å². The van der Waals surface area contributed by atoms with Gasteiger partial charge in [0.15, 0.2) is 5.78 Å². The van der Waals surface area contributed by atoms with E-state index >= 15 is 4.39 Å². The molecule has 1 aromatic carbocycles. The predicted molar refractivity (Wildman–Crippen MR) is 193 cm³/mol. The molecule has 0 aliphatic carbocycles. The number of benzene rings is 1. The van der Waals surface area contributed by atoms with Gasteiger partial charge in [0.25, 0.3) is 0 Å². The summed E-state index contributed by atoms with van der Waals surface area (Å²) in [6.45, 7) is 15.1. The van der Waals surface area contributed by atoms with Crippen LogP contribution in [0.1, 0.15) is 101 Å². The molecular formula is C39H51FN6O3. The lowest BCUT2D eigenvalue weighted by atomic mass is 9.90. The summed E-state index contributed by atoms with van der Waals surface area (Å²) in [6.07, 6.45) is 5.58. The van der Waals surface area contributed by atoms with Crippen molar-refractivity contribution in [3.63, 3.8) is 0 Å². The number of anilines is 2. The predicted octanol–water partition coefficient (Wildman–Crippen LogP) is 7.21. The Kier molecular flexibility index (Phi) is 15.0. The van der Waals surface area contributed by atoms with Crippen LogP contribution < -0.4 is 10.6 Å². The number of hydrogen-bond acceptors (Lipinski definition) is 9. The van der Waals surface area contributed by atoms with Crippen LogP contribution in [0.3, 0.4) is 0 Å². The van der Waals surface area contributed by atoms with E-state index in [1.807, 2.05) is 46.8 Å². The molecule has 3 aromatic rings. The Hall–Kier alpha value is -4.49. The highest BCUT2D eigenvalue weighted by Gasteiger charge is 2.23. The number of nitrogens with zero attached hydrogens (tertiary/aromatic N) is 5. The molecule has 1 aliphatic heterocycles. The third-order valence-corrected chi connectivity index (χ3v) is 9.26. The number of nitrogens with two attached hydrogens (primary N) is 1. The van der Waals surface area contributed by atoms with Crippen LogP contribution >= 0.6 is 0 Å². The minimum absolute atomic E-state index is 0.0253. The van der Waals surface area contributed by atoms with E-state index in [2.05, 4.69) is 25.8 Å². The standard InChI is InChI=1S/C29H33FN6O.C10H18O2/c1-4-19(3)28(37)23-8-9-24(27(30)22(23)5-2)25-10-7-21(29(32)34-25)18-35-12-14-36(15-13-35)26-11-6-20(16-31)17-33-26;1-4-5-10(12)7-6-8(2)9(3)11/h6-11,17,19H,4-5,12-15,18H2,1-3H3,(H2,32,34);8H,4-7H2,1-3H3. The largest absolute Gasteiger partial charge is 0.383 e. The Morgan fingerprint density at radius 1 is 0.980 bits per heavy atom. The van der Waals surface area contributed by atoms with E-state index in [0.29, 0.717) is 72.4 Å². The fraction of sp³-hybridized carbons (Fsp3) is 0.487. The molecular weight excluding hydrogens is 619 g/mol. The molecule has 1 saturated heterocycles. The first-order chi connectivity index (χ1) is 23.4. The SMILES string of the molecule is CCCC(=O)CCC(C)C(C)=O.CCc1c(C(=O)C(C)CC)ccc(-c2ccc(CN3CCN(c4ccc(C#N)cn4)CC3)c(N)n2)c1F. The van der Waals surface area contributed by atoms with Gasteiger partial charge in [0.1, 0.15) is 35.1 Å². The minimum Gasteiger partial charge on any atom is -0.383 e. The Morgan fingerprint density at radius 2 is 1.69 bits per heavy atom. The summed E-state index contributed by atoms with van der Waals surface area (Å²) < 4.78 is 15.5. The number of aromatic nitrogens is 2. The number of carbonyl (C=O) groups is 3. The summed E-state index contributed by atoms with van der Waals surface area (Å²) in [5.74, 6) is 1.19. The Balaban J connectivity index is 0.000000463. The quantitative estimate of drug-likeness (QED) is 0.177. The number of piperazine rings is 1. The molecule has 3 heterocycles. The number of carbonyl (C=O) groups excluding carboxylic acids is 3. The van der Waals surface area contributed by atoms with Crippen LogP contribution in [0.15, 0.2) is 42.6 Å². The number of hydrogen-bond donors (Lipinski definition) is 1. The fourth-order valence-electron chi connectivity index (χ4n) is 5.63. The zero-order valence-electron chi connectivity index (χ0n) is 29.9. The number of ketones is 3. The molecule has 0 amide bonds. The average molecular weight is 671 g/mol. The van der Waals surface area contributed by atoms with Gasteiger partial charge in [0.2, 0.25) is 0 Å². The summed E-state index contributed by atoms with van der Waals surface area (Å²) in [7, 11) is 0. The summed E-state index contributed by atoms with van der Waals surface area (Å²) in [6, 6.07) is 12.8. The summed E-state index contributed by atoms with van der Waals surface area (Å²) >= 11 is 0. The molecule has 262 valence electrons. The lowest BCUT2D eigenvalue weighted by Crippen LogP contribution is -2.46. The second-order valence-corrected chi connectivity index (χ2v) is 12.8. The van der Waals surface area contributed by atoms with Crippen molar-refractivity contribution in [2.45, 2.75) is 86.6 Å². The number of nitriles is 1. The van der Waals surface area contributed by atoms with Crippen LogP contribution in [-0.4, -0.2) is 58.4 Å². The topological polar surface area (TPSA) is 133 Å². The van der Waals surface area contributed by atoms with E-state index in [9.17, 15) is 14.4 Å². The Morgan fingerprint density at radius 3 is 2.24 bits per heavy atom. The molecule has 49 heavy (non-hydrogen) atoms. The maximum atomic E-state index is 15.5. The lowest BCUT2D eigenvalue weighted by molar-refractivity contribution is -0.121. The molecule has 9 nitrogen and oxygen atoms in total.